The van der Waals surface area contributed by atoms with Gasteiger partial charge in [-0.3, -0.25) is 4.79 Å². The molecule has 3 heteroatoms. The SMILES string of the molecule is O=C(O)C1(CC=Cc2ccccc2)CCOCC1. The summed E-state index contributed by atoms with van der Waals surface area (Å²) >= 11 is 0. The number of carbonyl (C=O) groups is 1. The van der Waals surface area contributed by atoms with Gasteiger partial charge in [0.1, 0.15) is 0 Å². The van der Waals surface area contributed by atoms with Crippen LogP contribution >= 0.6 is 0 Å². The number of hydrogen-bond acceptors (Lipinski definition) is 2. The summed E-state index contributed by atoms with van der Waals surface area (Å²) in [7, 11) is 0. The molecule has 0 aromatic heterocycles. The predicted octanol–water partition coefficient (Wildman–Crippen LogP) is 2.97. The first-order valence-corrected chi connectivity index (χ1v) is 6.26. The monoisotopic (exact) mass is 246 g/mol. The van der Waals surface area contributed by atoms with Gasteiger partial charge >= 0.3 is 5.97 Å². The average Bonchev–Trinajstić information content (AvgIpc) is 2.41. The summed E-state index contributed by atoms with van der Waals surface area (Å²) < 4.78 is 5.25. The van der Waals surface area contributed by atoms with Crippen molar-refractivity contribution in [1.82, 2.24) is 0 Å². The summed E-state index contributed by atoms with van der Waals surface area (Å²) in [6, 6.07) is 9.93. The quantitative estimate of drug-likeness (QED) is 0.888. The van der Waals surface area contributed by atoms with Crippen molar-refractivity contribution < 1.29 is 14.6 Å². The van der Waals surface area contributed by atoms with Crippen molar-refractivity contribution in [1.29, 1.82) is 0 Å². The molecule has 18 heavy (non-hydrogen) atoms. The van der Waals surface area contributed by atoms with E-state index in [1.165, 1.54) is 0 Å². The van der Waals surface area contributed by atoms with Gasteiger partial charge in [0.2, 0.25) is 0 Å². The lowest BCUT2D eigenvalue weighted by Crippen LogP contribution is -2.36. The first kappa shape index (κ1) is 12.8. The minimum atomic E-state index is -0.705. The molecule has 0 spiro atoms. The number of ether oxygens (including phenoxy) is 1. The van der Waals surface area contributed by atoms with E-state index in [1.54, 1.807) is 0 Å². The minimum absolute atomic E-state index is 0.547. The zero-order valence-corrected chi connectivity index (χ0v) is 10.3. The Balaban J connectivity index is 2.02. The zero-order valence-electron chi connectivity index (χ0n) is 10.3. The molecule has 0 radical (unpaired) electrons. The summed E-state index contributed by atoms with van der Waals surface area (Å²) in [5, 5.41) is 9.40. The summed E-state index contributed by atoms with van der Waals surface area (Å²) in [5.41, 5.74) is 0.467. The number of carboxylic acids is 1. The lowest BCUT2D eigenvalue weighted by atomic mass is 9.77. The smallest absolute Gasteiger partial charge is 0.310 e. The maximum absolute atomic E-state index is 11.4. The molecule has 1 saturated heterocycles. The highest BCUT2D eigenvalue weighted by Crippen LogP contribution is 2.35. The van der Waals surface area contributed by atoms with Crippen LogP contribution in [0.5, 0.6) is 0 Å². The highest BCUT2D eigenvalue weighted by molar-refractivity contribution is 5.75. The number of hydrogen-bond donors (Lipinski definition) is 1. The Bertz CT molecular complexity index is 417. The maximum atomic E-state index is 11.4. The van der Waals surface area contributed by atoms with Gasteiger partial charge in [-0.25, -0.2) is 0 Å². The van der Waals surface area contributed by atoms with E-state index in [-0.39, 0.29) is 0 Å². The van der Waals surface area contributed by atoms with Gasteiger partial charge in [-0.1, -0.05) is 42.5 Å². The van der Waals surface area contributed by atoms with Gasteiger partial charge in [0.05, 0.1) is 5.41 Å². The van der Waals surface area contributed by atoms with E-state index < -0.39 is 11.4 Å². The van der Waals surface area contributed by atoms with Crippen LogP contribution in [0.2, 0.25) is 0 Å². The van der Waals surface area contributed by atoms with E-state index in [0.717, 1.165) is 5.56 Å². The zero-order chi connectivity index (χ0) is 12.8. The standard InChI is InChI=1S/C15H18O3/c16-14(17)15(9-11-18-12-10-15)8-4-7-13-5-2-1-3-6-13/h1-7H,8-12H2,(H,16,17). The van der Waals surface area contributed by atoms with Gasteiger partial charge in [-0.2, -0.15) is 0 Å². The highest BCUT2D eigenvalue weighted by Gasteiger charge is 2.38. The van der Waals surface area contributed by atoms with Crippen molar-refractivity contribution in [2.45, 2.75) is 19.3 Å². The lowest BCUT2D eigenvalue weighted by Gasteiger charge is -2.32. The molecule has 1 aromatic rings. The summed E-state index contributed by atoms with van der Waals surface area (Å²) in [6.45, 7) is 1.09. The molecule has 0 aliphatic carbocycles. The van der Waals surface area contributed by atoms with Crippen LogP contribution in [0.25, 0.3) is 6.08 Å². The fraction of sp³-hybridized carbons (Fsp3) is 0.400. The third-order valence-electron chi connectivity index (χ3n) is 3.52. The van der Waals surface area contributed by atoms with Crippen LogP contribution in [0.1, 0.15) is 24.8 Å². The molecular formula is C15H18O3. The molecule has 0 saturated carbocycles. The van der Waals surface area contributed by atoms with Crippen LogP contribution in [0.4, 0.5) is 0 Å². The molecule has 0 bridgehead atoms. The fourth-order valence-corrected chi connectivity index (χ4v) is 2.25. The Hall–Kier alpha value is -1.61. The van der Waals surface area contributed by atoms with Gasteiger partial charge in [0.15, 0.2) is 0 Å². The summed E-state index contributed by atoms with van der Waals surface area (Å²) in [4.78, 5) is 11.4. The van der Waals surface area contributed by atoms with Gasteiger partial charge in [-0.15, -0.1) is 0 Å². The van der Waals surface area contributed by atoms with Crippen LogP contribution in [-0.2, 0) is 9.53 Å². The molecule has 1 aliphatic heterocycles. The van der Waals surface area contributed by atoms with E-state index in [9.17, 15) is 9.90 Å². The third kappa shape index (κ3) is 2.99. The molecule has 1 heterocycles. The summed E-state index contributed by atoms with van der Waals surface area (Å²) in [6.07, 6.45) is 5.72. The molecule has 0 amide bonds. The number of benzene rings is 1. The Labute approximate surface area is 107 Å². The second-order valence-electron chi connectivity index (χ2n) is 4.72. The predicted molar refractivity (Wildman–Crippen MR) is 70.2 cm³/mol. The average molecular weight is 246 g/mol. The Morgan fingerprint density at radius 3 is 2.56 bits per heavy atom. The normalized spacial score (nSPS) is 18.9. The van der Waals surface area contributed by atoms with E-state index in [0.29, 0.717) is 32.5 Å². The number of aliphatic carboxylic acids is 1. The van der Waals surface area contributed by atoms with Gasteiger partial charge in [-0.05, 0) is 24.8 Å². The molecule has 1 aliphatic rings. The van der Waals surface area contributed by atoms with Gasteiger partial charge < -0.3 is 9.84 Å². The van der Waals surface area contributed by atoms with E-state index in [4.69, 9.17) is 4.74 Å². The molecule has 1 N–H and O–H groups in total. The lowest BCUT2D eigenvalue weighted by molar-refractivity contribution is -0.154. The van der Waals surface area contributed by atoms with Crippen LogP contribution < -0.4 is 0 Å². The van der Waals surface area contributed by atoms with E-state index >= 15 is 0 Å². The third-order valence-corrected chi connectivity index (χ3v) is 3.52. The van der Waals surface area contributed by atoms with E-state index in [1.807, 2.05) is 42.5 Å². The van der Waals surface area contributed by atoms with Crippen LogP contribution in [0.15, 0.2) is 36.4 Å². The molecule has 0 unspecified atom stereocenters. The minimum Gasteiger partial charge on any atom is -0.481 e. The van der Waals surface area contributed by atoms with Gasteiger partial charge in [0.25, 0.3) is 0 Å². The molecule has 0 atom stereocenters. The van der Waals surface area contributed by atoms with Crippen molar-refractivity contribution >= 4 is 12.0 Å². The van der Waals surface area contributed by atoms with Gasteiger partial charge in [0, 0.05) is 13.2 Å². The second-order valence-corrected chi connectivity index (χ2v) is 4.72. The first-order valence-electron chi connectivity index (χ1n) is 6.26. The topological polar surface area (TPSA) is 46.5 Å². The fourth-order valence-electron chi connectivity index (χ4n) is 2.25. The largest absolute Gasteiger partial charge is 0.481 e. The Morgan fingerprint density at radius 1 is 1.28 bits per heavy atom. The molecular weight excluding hydrogens is 228 g/mol. The highest BCUT2D eigenvalue weighted by atomic mass is 16.5. The number of rotatable bonds is 4. The van der Waals surface area contributed by atoms with Crippen LogP contribution in [-0.4, -0.2) is 24.3 Å². The van der Waals surface area contributed by atoms with Crippen molar-refractivity contribution in [2.24, 2.45) is 5.41 Å². The molecule has 2 rings (SSSR count). The molecule has 96 valence electrons. The van der Waals surface area contributed by atoms with Crippen molar-refractivity contribution in [3.63, 3.8) is 0 Å². The van der Waals surface area contributed by atoms with Crippen molar-refractivity contribution in [2.75, 3.05) is 13.2 Å². The first-order chi connectivity index (χ1) is 8.73. The van der Waals surface area contributed by atoms with E-state index in [2.05, 4.69) is 0 Å². The second kappa shape index (κ2) is 5.83. The Morgan fingerprint density at radius 2 is 1.94 bits per heavy atom. The number of carboxylic acid groups (broad SMARTS) is 1. The molecule has 1 aromatic carbocycles. The van der Waals surface area contributed by atoms with Crippen molar-refractivity contribution in [3.8, 4) is 0 Å². The van der Waals surface area contributed by atoms with Crippen molar-refractivity contribution in [3.05, 3.63) is 42.0 Å². The number of allylic oxidation sites excluding steroid dienone is 1. The maximum Gasteiger partial charge on any atom is 0.310 e. The molecule has 3 nitrogen and oxygen atoms in total. The summed E-state index contributed by atoms with van der Waals surface area (Å²) in [5.74, 6) is -0.705. The van der Waals surface area contributed by atoms with Crippen LogP contribution in [0.3, 0.4) is 0 Å². The molecule has 1 fully saturated rings. The van der Waals surface area contributed by atoms with Crippen LogP contribution in [0, 0.1) is 5.41 Å². The Kier molecular flexibility index (Phi) is 4.15.